The van der Waals surface area contributed by atoms with E-state index in [0.29, 0.717) is 11.5 Å². The van der Waals surface area contributed by atoms with Gasteiger partial charge in [-0.1, -0.05) is 87.5 Å². The van der Waals surface area contributed by atoms with E-state index in [9.17, 15) is 13.2 Å². The molecule has 1 amide bonds. The predicted octanol–water partition coefficient (Wildman–Crippen LogP) is 7.03. The summed E-state index contributed by atoms with van der Waals surface area (Å²) in [6.07, 6.45) is 1.17. The maximum Gasteiger partial charge on any atom is 0.263 e. The van der Waals surface area contributed by atoms with Crippen molar-refractivity contribution in [2.24, 2.45) is 0 Å². The summed E-state index contributed by atoms with van der Waals surface area (Å²) in [7, 11) is -2.56. The lowest BCUT2D eigenvalue weighted by Gasteiger charge is -2.19. The molecule has 246 valence electrons. The molecule has 0 radical (unpaired) electrons. The van der Waals surface area contributed by atoms with Crippen LogP contribution in [0.25, 0.3) is 11.1 Å². The Kier molecular flexibility index (Phi) is 9.05. The summed E-state index contributed by atoms with van der Waals surface area (Å²) in [6, 6.07) is 29.2. The van der Waals surface area contributed by atoms with Gasteiger partial charge >= 0.3 is 0 Å². The molecule has 2 N–H and O–H groups in total. The van der Waals surface area contributed by atoms with Gasteiger partial charge < -0.3 is 19.5 Å². The van der Waals surface area contributed by atoms with Crippen molar-refractivity contribution in [1.29, 1.82) is 0 Å². The highest BCUT2D eigenvalue weighted by Gasteiger charge is 2.29. The van der Waals surface area contributed by atoms with Crippen molar-refractivity contribution in [3.05, 3.63) is 120 Å². The molecule has 0 fully saturated rings. The third-order valence-corrected chi connectivity index (χ3v) is 9.36. The SMILES string of the molecule is COc1cccc(Oc2c(NS(=O)(=O)c3ccc(C(C)(C)C)cc3)ncnc2OCCC(=O)NC2c3ccccc3-c3ccccc32)c1. The van der Waals surface area contributed by atoms with Crippen LogP contribution in [0.4, 0.5) is 5.82 Å². The molecule has 0 spiro atoms. The number of carbonyl (C=O) groups is 1. The van der Waals surface area contributed by atoms with Crippen LogP contribution in [0, 0.1) is 0 Å². The van der Waals surface area contributed by atoms with Crippen LogP contribution in [0.2, 0.25) is 0 Å². The minimum atomic E-state index is -4.08. The van der Waals surface area contributed by atoms with Crippen molar-refractivity contribution in [3.8, 4) is 34.3 Å². The Hall–Kier alpha value is -5.42. The van der Waals surface area contributed by atoms with Gasteiger partial charge in [0.15, 0.2) is 5.82 Å². The number of sulfonamides is 1. The van der Waals surface area contributed by atoms with Crippen molar-refractivity contribution < 1.29 is 27.4 Å². The molecule has 0 saturated heterocycles. The van der Waals surface area contributed by atoms with Crippen LogP contribution in [-0.2, 0) is 20.2 Å². The van der Waals surface area contributed by atoms with Crippen LogP contribution in [0.1, 0.15) is 49.9 Å². The first-order valence-corrected chi connectivity index (χ1v) is 16.9. The molecular formula is C37H36N4O6S. The quantitative estimate of drug-likeness (QED) is 0.154. The molecule has 11 heteroatoms. The number of nitrogens with one attached hydrogen (secondary N) is 2. The summed E-state index contributed by atoms with van der Waals surface area (Å²) in [5, 5.41) is 3.13. The largest absolute Gasteiger partial charge is 0.497 e. The maximum atomic E-state index is 13.5. The van der Waals surface area contributed by atoms with Crippen molar-refractivity contribution in [3.63, 3.8) is 0 Å². The molecule has 5 aromatic rings. The van der Waals surface area contributed by atoms with Crippen LogP contribution >= 0.6 is 0 Å². The summed E-state index contributed by atoms with van der Waals surface area (Å²) in [5.41, 5.74) is 5.09. The van der Waals surface area contributed by atoms with E-state index in [-0.39, 0.29) is 52.7 Å². The number of ether oxygens (including phenoxy) is 3. The minimum absolute atomic E-state index is 0.00459. The highest BCUT2D eigenvalue weighted by atomic mass is 32.2. The Balaban J connectivity index is 1.22. The molecule has 4 aromatic carbocycles. The van der Waals surface area contributed by atoms with Crippen molar-refractivity contribution in [2.75, 3.05) is 18.4 Å². The van der Waals surface area contributed by atoms with Gasteiger partial charge in [-0.2, -0.15) is 4.98 Å². The van der Waals surface area contributed by atoms with E-state index >= 15 is 0 Å². The molecule has 0 aliphatic heterocycles. The van der Waals surface area contributed by atoms with Gasteiger partial charge in [0.25, 0.3) is 15.9 Å². The molecule has 1 aromatic heterocycles. The van der Waals surface area contributed by atoms with Crippen molar-refractivity contribution in [2.45, 2.75) is 43.5 Å². The Morgan fingerprint density at radius 1 is 0.833 bits per heavy atom. The van der Waals surface area contributed by atoms with Crippen LogP contribution in [0.5, 0.6) is 23.1 Å². The first kappa shape index (κ1) is 32.5. The lowest BCUT2D eigenvalue weighted by atomic mass is 9.87. The third-order valence-electron chi connectivity index (χ3n) is 8.00. The molecule has 1 heterocycles. The normalized spacial score (nSPS) is 12.5. The van der Waals surface area contributed by atoms with Crippen LogP contribution < -0.4 is 24.2 Å². The fourth-order valence-electron chi connectivity index (χ4n) is 5.51. The number of benzene rings is 4. The van der Waals surface area contributed by atoms with E-state index < -0.39 is 10.0 Å². The Morgan fingerprint density at radius 3 is 2.12 bits per heavy atom. The highest BCUT2D eigenvalue weighted by molar-refractivity contribution is 7.92. The first-order chi connectivity index (χ1) is 23.0. The van der Waals surface area contributed by atoms with E-state index in [0.717, 1.165) is 27.8 Å². The molecule has 1 aliphatic rings. The molecule has 0 saturated carbocycles. The molecule has 1 aliphatic carbocycles. The van der Waals surface area contributed by atoms with E-state index in [1.807, 2.05) is 36.4 Å². The molecule has 10 nitrogen and oxygen atoms in total. The van der Waals surface area contributed by atoms with Gasteiger partial charge in [0.2, 0.25) is 11.7 Å². The summed E-state index contributed by atoms with van der Waals surface area (Å²) in [6.45, 7) is 6.09. The van der Waals surface area contributed by atoms with E-state index in [1.54, 1.807) is 48.5 Å². The van der Waals surface area contributed by atoms with Crippen LogP contribution in [-0.4, -0.2) is 38.0 Å². The van der Waals surface area contributed by atoms with Crippen molar-refractivity contribution >= 4 is 21.7 Å². The topological polar surface area (TPSA) is 129 Å². The zero-order chi connectivity index (χ0) is 33.9. The van der Waals surface area contributed by atoms with Gasteiger partial charge in [0.1, 0.15) is 17.8 Å². The summed E-state index contributed by atoms with van der Waals surface area (Å²) in [4.78, 5) is 21.6. The molecule has 0 unspecified atom stereocenters. The Bertz CT molecular complexity index is 2010. The summed E-state index contributed by atoms with van der Waals surface area (Å²) >= 11 is 0. The number of hydrogen-bond donors (Lipinski definition) is 2. The number of nitrogens with zero attached hydrogens (tertiary/aromatic N) is 2. The number of anilines is 1. The Labute approximate surface area is 280 Å². The van der Waals surface area contributed by atoms with Gasteiger partial charge in [-0.3, -0.25) is 9.52 Å². The molecular weight excluding hydrogens is 628 g/mol. The summed E-state index contributed by atoms with van der Waals surface area (Å²) in [5.74, 6) is 0.388. The van der Waals surface area contributed by atoms with Gasteiger partial charge in [-0.15, -0.1) is 0 Å². The monoisotopic (exact) mass is 664 g/mol. The number of rotatable bonds is 11. The van der Waals surface area contributed by atoms with Gasteiger partial charge in [0, 0.05) is 6.07 Å². The number of aromatic nitrogens is 2. The van der Waals surface area contributed by atoms with Gasteiger partial charge in [0.05, 0.1) is 31.1 Å². The third kappa shape index (κ3) is 6.96. The van der Waals surface area contributed by atoms with Crippen LogP contribution in [0.15, 0.2) is 108 Å². The second kappa shape index (κ2) is 13.4. The number of amides is 1. The van der Waals surface area contributed by atoms with E-state index in [1.165, 1.54) is 13.4 Å². The molecule has 0 bridgehead atoms. The highest BCUT2D eigenvalue weighted by Crippen LogP contribution is 2.43. The predicted molar refractivity (Wildman–Crippen MR) is 183 cm³/mol. The van der Waals surface area contributed by atoms with Crippen molar-refractivity contribution in [1.82, 2.24) is 15.3 Å². The zero-order valence-electron chi connectivity index (χ0n) is 27.1. The smallest absolute Gasteiger partial charge is 0.263 e. The lowest BCUT2D eigenvalue weighted by molar-refractivity contribution is -0.122. The standard InChI is InChI=1S/C37H36N4O6S/c1-37(2,3)24-16-18-27(19-17-24)48(43,44)41-35-34(47-26-11-9-10-25(22-26)45-4)36(39-23-38-35)46-21-20-32(42)40-33-30-14-7-5-12-28(30)29-13-6-8-15-31(29)33/h5-19,22-23,33H,20-21H2,1-4H3,(H,40,42)(H,38,39,41). The van der Waals surface area contributed by atoms with E-state index in [4.69, 9.17) is 14.2 Å². The zero-order valence-corrected chi connectivity index (χ0v) is 27.9. The van der Waals surface area contributed by atoms with Crippen LogP contribution in [0.3, 0.4) is 0 Å². The fourth-order valence-corrected chi connectivity index (χ4v) is 6.52. The maximum absolute atomic E-state index is 13.5. The number of carbonyl (C=O) groups excluding carboxylic acids is 1. The average molecular weight is 665 g/mol. The number of fused-ring (bicyclic) bond motifs is 3. The van der Waals surface area contributed by atoms with E-state index in [2.05, 4.69) is 52.9 Å². The van der Waals surface area contributed by atoms with Gasteiger partial charge in [-0.25, -0.2) is 13.4 Å². The second-order valence-corrected chi connectivity index (χ2v) is 14.0. The average Bonchev–Trinajstić information content (AvgIpc) is 3.39. The fraction of sp³-hybridized carbons (Fsp3) is 0.216. The lowest BCUT2D eigenvalue weighted by Crippen LogP contribution is -2.29. The minimum Gasteiger partial charge on any atom is -0.497 e. The number of hydrogen-bond acceptors (Lipinski definition) is 8. The molecule has 6 rings (SSSR count). The molecule has 48 heavy (non-hydrogen) atoms. The number of methoxy groups -OCH3 is 1. The Morgan fingerprint density at radius 2 is 1.48 bits per heavy atom. The second-order valence-electron chi connectivity index (χ2n) is 12.3. The summed E-state index contributed by atoms with van der Waals surface area (Å²) < 4.78 is 46.9. The first-order valence-electron chi connectivity index (χ1n) is 15.4. The molecule has 0 atom stereocenters. The van der Waals surface area contributed by atoms with Gasteiger partial charge in [-0.05, 0) is 57.5 Å².